The van der Waals surface area contributed by atoms with Crippen molar-refractivity contribution in [2.45, 2.75) is 6.36 Å². The average Bonchev–Trinajstić information content (AvgIpc) is 2.72. The first-order valence-electron chi connectivity index (χ1n) is 4.28. The summed E-state index contributed by atoms with van der Waals surface area (Å²) in [5.74, 6) is -1.49. The number of rotatable bonds is 2. The molecule has 0 radical (unpaired) electrons. The summed E-state index contributed by atoms with van der Waals surface area (Å²) in [6.07, 6.45) is -3.90. The molecule has 1 aromatic heterocycles. The van der Waals surface area contributed by atoms with Gasteiger partial charge in [0.2, 0.25) is 12.2 Å². The van der Waals surface area contributed by atoms with Gasteiger partial charge in [-0.15, -0.1) is 13.2 Å². The third-order valence-electron chi connectivity index (χ3n) is 1.77. The Labute approximate surface area is 91.8 Å². The molecule has 0 spiro atoms. The highest BCUT2D eigenvalue weighted by Crippen LogP contribution is 2.28. The van der Waals surface area contributed by atoms with Crippen LogP contribution in [0, 0.1) is 5.82 Å². The fraction of sp³-hybridized carbons (Fsp3) is 0.111. The van der Waals surface area contributed by atoms with Crippen LogP contribution in [0.1, 0.15) is 0 Å². The lowest BCUT2D eigenvalue weighted by Gasteiger charge is -2.09. The van der Waals surface area contributed by atoms with Crippen LogP contribution in [0.5, 0.6) is 5.75 Å². The second kappa shape index (κ2) is 4.04. The zero-order chi connectivity index (χ0) is 12.5. The van der Waals surface area contributed by atoms with E-state index < -0.39 is 17.9 Å². The zero-order valence-electron chi connectivity index (χ0n) is 8.03. The smallest absolute Gasteiger partial charge is 0.406 e. The molecule has 0 atom stereocenters. The fourth-order valence-electron chi connectivity index (χ4n) is 1.16. The maximum absolute atomic E-state index is 13.3. The highest BCUT2D eigenvalue weighted by Gasteiger charge is 2.31. The monoisotopic (exact) mass is 248 g/mol. The molecular weight excluding hydrogens is 244 g/mol. The molecule has 8 heteroatoms. The van der Waals surface area contributed by atoms with Crippen LogP contribution in [0.4, 0.5) is 17.6 Å². The number of aromatic nitrogens is 2. The molecule has 1 heterocycles. The van der Waals surface area contributed by atoms with Crippen molar-refractivity contribution in [1.29, 1.82) is 0 Å². The van der Waals surface area contributed by atoms with E-state index in [1.807, 2.05) is 0 Å². The lowest BCUT2D eigenvalue weighted by atomic mass is 10.2. The van der Waals surface area contributed by atoms with Gasteiger partial charge in [-0.3, -0.25) is 0 Å². The van der Waals surface area contributed by atoms with E-state index in [1.54, 1.807) is 0 Å². The first-order valence-corrected chi connectivity index (χ1v) is 4.28. The standard InChI is InChI=1S/C9H4F4N2O2/c10-7-2-1-5(17-9(11,12)13)3-6(7)8-14-4-16-15-8/h1-4H. The van der Waals surface area contributed by atoms with Gasteiger partial charge >= 0.3 is 6.36 Å². The highest BCUT2D eigenvalue weighted by atomic mass is 19.4. The Balaban J connectivity index is 2.37. The number of ether oxygens (including phenoxy) is 1. The first-order chi connectivity index (χ1) is 7.96. The van der Waals surface area contributed by atoms with E-state index >= 15 is 0 Å². The predicted molar refractivity (Wildman–Crippen MR) is 46.4 cm³/mol. The van der Waals surface area contributed by atoms with Gasteiger partial charge in [0.15, 0.2) is 0 Å². The summed E-state index contributed by atoms with van der Waals surface area (Å²) >= 11 is 0. The van der Waals surface area contributed by atoms with Gasteiger partial charge in [-0.05, 0) is 18.2 Å². The van der Waals surface area contributed by atoms with E-state index in [0.717, 1.165) is 24.6 Å². The summed E-state index contributed by atoms with van der Waals surface area (Å²) in [7, 11) is 0. The minimum absolute atomic E-state index is 0.157. The number of hydrogen-bond donors (Lipinski definition) is 0. The van der Waals surface area contributed by atoms with Gasteiger partial charge in [-0.1, -0.05) is 5.16 Å². The second-order valence-corrected chi connectivity index (χ2v) is 2.94. The van der Waals surface area contributed by atoms with Gasteiger partial charge < -0.3 is 9.26 Å². The van der Waals surface area contributed by atoms with Crippen molar-refractivity contribution in [1.82, 2.24) is 10.1 Å². The molecule has 0 aliphatic carbocycles. The van der Waals surface area contributed by atoms with E-state index in [-0.39, 0.29) is 11.4 Å². The molecule has 2 aromatic rings. The molecule has 0 fully saturated rings. The Morgan fingerprint density at radius 1 is 1.24 bits per heavy atom. The molecule has 17 heavy (non-hydrogen) atoms. The maximum atomic E-state index is 13.3. The lowest BCUT2D eigenvalue weighted by molar-refractivity contribution is -0.274. The molecule has 2 rings (SSSR count). The molecule has 0 aliphatic rings. The molecular formula is C9H4F4N2O2. The molecule has 0 bridgehead atoms. The SMILES string of the molecule is Fc1ccc(OC(F)(F)F)cc1-c1ncon1. The summed E-state index contributed by atoms with van der Waals surface area (Å²) in [6, 6.07) is 2.52. The summed E-state index contributed by atoms with van der Waals surface area (Å²) < 4.78 is 57.2. The minimum Gasteiger partial charge on any atom is -0.406 e. The average molecular weight is 248 g/mol. The van der Waals surface area contributed by atoms with Gasteiger partial charge in [0.1, 0.15) is 11.6 Å². The summed E-state index contributed by atoms with van der Waals surface area (Å²) in [5, 5.41) is 3.32. The first kappa shape index (κ1) is 11.4. The largest absolute Gasteiger partial charge is 0.573 e. The third kappa shape index (κ3) is 2.71. The Kier molecular flexibility index (Phi) is 2.70. The van der Waals surface area contributed by atoms with Crippen LogP contribution in [0.3, 0.4) is 0 Å². The number of hydrogen-bond acceptors (Lipinski definition) is 4. The van der Waals surface area contributed by atoms with Gasteiger partial charge in [-0.2, -0.15) is 4.98 Å². The van der Waals surface area contributed by atoms with E-state index in [2.05, 4.69) is 19.4 Å². The van der Waals surface area contributed by atoms with Gasteiger partial charge in [0.05, 0.1) is 5.56 Å². The van der Waals surface area contributed by atoms with Crippen molar-refractivity contribution in [3.05, 3.63) is 30.4 Å². The second-order valence-electron chi connectivity index (χ2n) is 2.94. The molecule has 0 N–H and O–H groups in total. The molecule has 0 unspecified atom stereocenters. The molecule has 0 saturated heterocycles. The van der Waals surface area contributed by atoms with Crippen LogP contribution in [-0.2, 0) is 0 Å². The number of halogens is 4. The predicted octanol–water partition coefficient (Wildman–Crippen LogP) is 2.77. The van der Waals surface area contributed by atoms with Crippen molar-refractivity contribution in [2.75, 3.05) is 0 Å². The van der Waals surface area contributed by atoms with Crippen LogP contribution in [0.2, 0.25) is 0 Å². The summed E-state index contributed by atoms with van der Waals surface area (Å²) in [5.41, 5.74) is -0.236. The molecule has 1 aromatic carbocycles. The lowest BCUT2D eigenvalue weighted by Crippen LogP contribution is -2.17. The number of alkyl halides is 3. The van der Waals surface area contributed by atoms with Crippen LogP contribution >= 0.6 is 0 Å². The molecule has 0 saturated carbocycles. The van der Waals surface area contributed by atoms with Crippen LogP contribution < -0.4 is 4.74 Å². The Hall–Kier alpha value is -2.12. The van der Waals surface area contributed by atoms with Crippen LogP contribution in [-0.4, -0.2) is 16.5 Å². The van der Waals surface area contributed by atoms with Crippen molar-refractivity contribution in [3.63, 3.8) is 0 Å². The van der Waals surface area contributed by atoms with Crippen molar-refractivity contribution in [2.24, 2.45) is 0 Å². The molecule has 4 nitrogen and oxygen atoms in total. The Morgan fingerprint density at radius 2 is 2.00 bits per heavy atom. The topological polar surface area (TPSA) is 48.2 Å². The van der Waals surface area contributed by atoms with E-state index in [0.29, 0.717) is 0 Å². The van der Waals surface area contributed by atoms with Crippen molar-refractivity contribution in [3.8, 4) is 17.1 Å². The minimum atomic E-state index is -4.84. The zero-order valence-corrected chi connectivity index (χ0v) is 8.03. The van der Waals surface area contributed by atoms with Crippen molar-refractivity contribution >= 4 is 0 Å². The maximum Gasteiger partial charge on any atom is 0.573 e. The van der Waals surface area contributed by atoms with Gasteiger partial charge in [0.25, 0.3) is 0 Å². The van der Waals surface area contributed by atoms with E-state index in [1.165, 1.54) is 0 Å². The van der Waals surface area contributed by atoms with Crippen molar-refractivity contribution < 1.29 is 26.8 Å². The molecule has 0 amide bonds. The van der Waals surface area contributed by atoms with Gasteiger partial charge in [-0.25, -0.2) is 4.39 Å². The molecule has 0 aliphatic heterocycles. The summed E-state index contributed by atoms with van der Waals surface area (Å²) in [6.45, 7) is 0. The molecule has 90 valence electrons. The van der Waals surface area contributed by atoms with E-state index in [9.17, 15) is 17.6 Å². The van der Waals surface area contributed by atoms with Crippen LogP contribution in [0.15, 0.2) is 29.1 Å². The number of benzene rings is 1. The highest BCUT2D eigenvalue weighted by molar-refractivity contribution is 5.57. The quantitative estimate of drug-likeness (QED) is 0.766. The van der Waals surface area contributed by atoms with Crippen LogP contribution in [0.25, 0.3) is 11.4 Å². The fourth-order valence-corrected chi connectivity index (χ4v) is 1.16. The normalized spacial score (nSPS) is 11.5. The van der Waals surface area contributed by atoms with Gasteiger partial charge in [0, 0.05) is 0 Å². The third-order valence-corrected chi connectivity index (χ3v) is 1.77. The number of nitrogens with zero attached hydrogens (tertiary/aromatic N) is 2. The Bertz CT molecular complexity index is 510. The Morgan fingerprint density at radius 3 is 2.59 bits per heavy atom. The van der Waals surface area contributed by atoms with E-state index in [4.69, 9.17) is 0 Å². The summed E-state index contributed by atoms with van der Waals surface area (Å²) in [4.78, 5) is 3.53.